The van der Waals surface area contributed by atoms with Gasteiger partial charge in [-0.15, -0.1) is 0 Å². The fourth-order valence-electron chi connectivity index (χ4n) is 7.28. The van der Waals surface area contributed by atoms with Gasteiger partial charge in [-0.25, -0.2) is 0 Å². The second kappa shape index (κ2) is 12.5. The first-order valence-electron chi connectivity index (χ1n) is 13.8. The van der Waals surface area contributed by atoms with Crippen LogP contribution < -0.4 is 0 Å². The largest absolute Gasteiger partial charge is 0.471 e. The molecule has 0 aromatic carbocycles. The van der Waals surface area contributed by atoms with Gasteiger partial charge in [0.15, 0.2) is 12.2 Å². The van der Waals surface area contributed by atoms with E-state index in [4.69, 9.17) is 35.9 Å². The van der Waals surface area contributed by atoms with E-state index >= 15 is 0 Å². The lowest BCUT2D eigenvalue weighted by molar-refractivity contribution is -0.210. The Morgan fingerprint density at radius 2 is 1.39 bits per heavy atom. The Bertz CT molecular complexity index is 1160. The van der Waals surface area contributed by atoms with Crippen LogP contribution in [0.15, 0.2) is 23.3 Å². The van der Waals surface area contributed by atoms with Crippen molar-refractivity contribution < 1.29 is 42.9 Å². The normalized spacial score (nSPS) is 34.3. The molecule has 8 atom stereocenters. The zero-order valence-corrected chi connectivity index (χ0v) is 27.0. The Morgan fingerprint density at radius 1 is 0.829 bits per heavy atom. The number of esters is 4. The summed E-state index contributed by atoms with van der Waals surface area (Å²) < 4.78 is 30.3. The highest BCUT2D eigenvalue weighted by atomic mass is 32.2. The fourth-order valence-corrected chi connectivity index (χ4v) is 7.61. The molecule has 0 spiro atoms. The lowest BCUT2D eigenvalue weighted by atomic mass is 9.49. The Kier molecular flexibility index (Phi) is 10.1. The summed E-state index contributed by atoms with van der Waals surface area (Å²) >= 11 is 6.66. The van der Waals surface area contributed by atoms with Crippen molar-refractivity contribution in [2.75, 3.05) is 6.26 Å². The molecule has 0 N–H and O–H groups in total. The highest BCUT2D eigenvalue weighted by molar-refractivity contribution is 8.22. The van der Waals surface area contributed by atoms with Gasteiger partial charge in [-0.1, -0.05) is 39.1 Å². The van der Waals surface area contributed by atoms with E-state index in [1.165, 1.54) is 39.5 Å². The Labute approximate surface area is 252 Å². The van der Waals surface area contributed by atoms with Crippen molar-refractivity contribution in [2.24, 2.45) is 22.7 Å². The molecule has 0 aliphatic heterocycles. The van der Waals surface area contributed by atoms with Crippen molar-refractivity contribution >= 4 is 52.2 Å². The van der Waals surface area contributed by atoms with Gasteiger partial charge in [0.05, 0.1) is 5.41 Å². The van der Waals surface area contributed by atoms with Gasteiger partial charge in [0.1, 0.15) is 18.3 Å². The van der Waals surface area contributed by atoms with E-state index in [-0.39, 0.29) is 12.3 Å². The summed E-state index contributed by atoms with van der Waals surface area (Å²) in [7, 11) is 0. The molecule has 0 radical (unpaired) electrons. The molecule has 9 nitrogen and oxygen atoms in total. The molecule has 41 heavy (non-hydrogen) atoms. The first-order chi connectivity index (χ1) is 18.9. The van der Waals surface area contributed by atoms with Crippen molar-refractivity contribution in [3.63, 3.8) is 0 Å². The number of thiocarbonyl (C=S) groups is 1. The molecule has 0 aromatic heterocycles. The lowest BCUT2D eigenvalue weighted by Gasteiger charge is -2.59. The molecule has 0 unspecified atom stereocenters. The summed E-state index contributed by atoms with van der Waals surface area (Å²) in [5.41, 5.74) is 0.581. The van der Waals surface area contributed by atoms with Crippen LogP contribution in [0.1, 0.15) is 74.7 Å². The molecular formula is C30H42O9S2. The molecule has 3 aliphatic rings. The van der Waals surface area contributed by atoms with Gasteiger partial charge in [0, 0.05) is 34.1 Å². The number of carbonyl (C=O) groups excluding carboxylic acids is 4. The number of carbonyl (C=O) groups is 4. The minimum atomic E-state index is -1.07. The van der Waals surface area contributed by atoms with Crippen molar-refractivity contribution in [3.05, 3.63) is 23.3 Å². The molecule has 11 heteroatoms. The highest BCUT2D eigenvalue weighted by Crippen LogP contribution is 2.61. The van der Waals surface area contributed by atoms with E-state index < -0.39 is 71.1 Å². The third-order valence-electron chi connectivity index (χ3n) is 9.16. The quantitative estimate of drug-likeness (QED) is 0.179. The molecular weight excluding hydrogens is 568 g/mol. The van der Waals surface area contributed by atoms with Crippen molar-refractivity contribution in [1.82, 2.24) is 0 Å². The number of fused-ring (bicyclic) bond motifs is 3. The average molecular weight is 611 g/mol. The minimum Gasteiger partial charge on any atom is -0.471 e. The van der Waals surface area contributed by atoms with Gasteiger partial charge < -0.3 is 23.7 Å². The number of thioether (sulfide) groups is 1. The van der Waals surface area contributed by atoms with Gasteiger partial charge >= 0.3 is 23.9 Å². The van der Waals surface area contributed by atoms with Crippen molar-refractivity contribution in [3.8, 4) is 0 Å². The molecule has 0 saturated heterocycles. The third-order valence-corrected chi connectivity index (χ3v) is 10.2. The summed E-state index contributed by atoms with van der Waals surface area (Å²) in [5.74, 6) is -2.58. The van der Waals surface area contributed by atoms with Crippen LogP contribution >= 0.6 is 24.0 Å². The molecule has 3 rings (SSSR count). The molecule has 3 aliphatic carbocycles. The Hall–Kier alpha value is -2.40. The van der Waals surface area contributed by atoms with Gasteiger partial charge in [-0.3, -0.25) is 19.2 Å². The highest BCUT2D eigenvalue weighted by Gasteiger charge is 2.64. The van der Waals surface area contributed by atoms with Crippen LogP contribution in [0.2, 0.25) is 0 Å². The van der Waals surface area contributed by atoms with E-state index in [9.17, 15) is 19.2 Å². The van der Waals surface area contributed by atoms with E-state index in [2.05, 4.69) is 20.4 Å². The average Bonchev–Trinajstić information content (AvgIpc) is 2.83. The summed E-state index contributed by atoms with van der Waals surface area (Å²) in [6.45, 7) is 17.6. The molecule has 0 aromatic rings. The maximum absolute atomic E-state index is 12.7. The molecule has 2 bridgehead atoms. The number of hydrogen-bond acceptors (Lipinski definition) is 11. The van der Waals surface area contributed by atoms with Crippen molar-refractivity contribution in [2.45, 2.75) is 105 Å². The van der Waals surface area contributed by atoms with Crippen LogP contribution in [0.5, 0.6) is 0 Å². The van der Waals surface area contributed by atoms with E-state index in [0.29, 0.717) is 17.2 Å². The first kappa shape index (κ1) is 33.1. The number of ether oxygens (including phenoxy) is 5. The molecule has 0 heterocycles. The third kappa shape index (κ3) is 6.50. The van der Waals surface area contributed by atoms with E-state index in [1.807, 2.05) is 20.1 Å². The van der Waals surface area contributed by atoms with Gasteiger partial charge in [-0.05, 0) is 72.2 Å². The smallest absolute Gasteiger partial charge is 0.303 e. The van der Waals surface area contributed by atoms with Gasteiger partial charge in [0.25, 0.3) is 0 Å². The second-order valence-electron chi connectivity index (χ2n) is 12.0. The predicted molar refractivity (Wildman–Crippen MR) is 158 cm³/mol. The zero-order chi connectivity index (χ0) is 31.0. The fraction of sp³-hybridized carbons (Fsp3) is 0.700. The van der Waals surface area contributed by atoms with Crippen molar-refractivity contribution in [1.29, 1.82) is 0 Å². The SMILES string of the molecule is C=C1[C@@H](OC(=S)SC)C[C@H](OC(C)=O)[C@]2(C)[C@@H]1C[C@@H]1C[C@H](OC(C)=O)C(C)=C([C@@H](OC(C)=O)[C@@H]2OC(C)=O)C1(C)C. The molecule has 0 amide bonds. The van der Waals surface area contributed by atoms with Crippen LogP contribution in [0.4, 0.5) is 0 Å². The number of hydrogen-bond donors (Lipinski definition) is 0. The molecule has 228 valence electrons. The monoisotopic (exact) mass is 610 g/mol. The van der Waals surface area contributed by atoms with Crippen LogP contribution in [0, 0.1) is 22.7 Å². The number of rotatable bonds is 5. The maximum Gasteiger partial charge on any atom is 0.303 e. The Balaban J connectivity index is 2.37. The Morgan fingerprint density at radius 3 is 1.90 bits per heavy atom. The van der Waals surface area contributed by atoms with Gasteiger partial charge in [0.2, 0.25) is 4.38 Å². The first-order valence-corrected chi connectivity index (χ1v) is 15.4. The van der Waals surface area contributed by atoms with Gasteiger partial charge in [-0.2, -0.15) is 0 Å². The maximum atomic E-state index is 12.7. The summed E-state index contributed by atoms with van der Waals surface area (Å²) in [6, 6.07) is 0. The minimum absolute atomic E-state index is 0.0767. The topological polar surface area (TPSA) is 114 Å². The molecule has 2 fully saturated rings. The van der Waals surface area contributed by atoms with Crippen LogP contribution in [0.25, 0.3) is 0 Å². The molecule has 2 saturated carbocycles. The van der Waals surface area contributed by atoms with E-state index in [1.54, 1.807) is 0 Å². The lowest BCUT2D eigenvalue weighted by Crippen LogP contribution is -2.64. The predicted octanol–water partition coefficient (Wildman–Crippen LogP) is 5.10. The second-order valence-corrected chi connectivity index (χ2v) is 13.4. The van der Waals surface area contributed by atoms with Crippen LogP contribution in [-0.2, 0) is 42.9 Å². The summed E-state index contributed by atoms with van der Waals surface area (Å²) in [4.78, 5) is 50.0. The standard InChI is InChI=1S/C30H42O9S2/c1-14-21-11-20-12-22(35-16(3)31)15(2)25(29(20,7)8)26(37-18(5)33)27(38-19(6)34)30(21,9)24(36-17(4)32)13-23(14)39-28(40)41-10/h20-24,26-27H,1,11-13H2,2-10H3/t20-,21-,22+,23+,24+,26-,27+,30+/m1/s1. The zero-order valence-electron chi connectivity index (χ0n) is 25.4. The van der Waals surface area contributed by atoms with Crippen LogP contribution in [0.3, 0.4) is 0 Å². The van der Waals surface area contributed by atoms with E-state index in [0.717, 1.165) is 16.7 Å². The summed E-state index contributed by atoms with van der Waals surface area (Å²) in [6.07, 6.45) is -0.926. The van der Waals surface area contributed by atoms with Crippen LogP contribution in [-0.4, -0.2) is 65.0 Å². The summed E-state index contributed by atoms with van der Waals surface area (Å²) in [5, 5.41) is 0.